The van der Waals surface area contributed by atoms with Crippen LogP contribution in [0.15, 0.2) is 11.2 Å². The van der Waals surface area contributed by atoms with Gasteiger partial charge in [0.1, 0.15) is 6.54 Å². The van der Waals surface area contributed by atoms with Gasteiger partial charge in [0.15, 0.2) is 5.96 Å². The first-order valence-electron chi connectivity index (χ1n) is 8.86. The lowest BCUT2D eigenvalue weighted by Gasteiger charge is -2.16. The molecule has 0 aromatic carbocycles. The molecule has 1 amide bonds. The van der Waals surface area contributed by atoms with Gasteiger partial charge in [-0.1, -0.05) is 6.92 Å². The maximum atomic E-state index is 11.8. The molecule has 0 saturated carbocycles. The quantitative estimate of drug-likeness (QED) is 0.530. The van der Waals surface area contributed by atoms with Crippen LogP contribution < -0.4 is 10.6 Å². The Hall–Kier alpha value is -1.67. The number of amides is 1. The van der Waals surface area contributed by atoms with Crippen molar-refractivity contribution < 1.29 is 9.53 Å². The number of nitrogens with zero attached hydrogens (tertiary/aromatic N) is 3. The summed E-state index contributed by atoms with van der Waals surface area (Å²) in [6.45, 7) is 4.53. The van der Waals surface area contributed by atoms with Crippen molar-refractivity contribution in [1.29, 1.82) is 0 Å². The lowest BCUT2D eigenvalue weighted by atomic mass is 10.2. The molecule has 1 aromatic heterocycles. The van der Waals surface area contributed by atoms with Crippen LogP contribution in [0.1, 0.15) is 29.7 Å². The minimum absolute atomic E-state index is 0.0225. The van der Waals surface area contributed by atoms with Crippen LogP contribution in [0.4, 0.5) is 0 Å². The van der Waals surface area contributed by atoms with Crippen molar-refractivity contribution in [3.8, 4) is 0 Å². The summed E-state index contributed by atoms with van der Waals surface area (Å²) in [5.41, 5.74) is 0. The van der Waals surface area contributed by atoms with E-state index in [4.69, 9.17) is 4.74 Å². The smallest absolute Gasteiger partial charge is 0.243 e. The van der Waals surface area contributed by atoms with Crippen LogP contribution in [0.25, 0.3) is 0 Å². The Kier molecular flexibility index (Phi) is 8.14. The van der Waals surface area contributed by atoms with E-state index in [0.29, 0.717) is 12.5 Å². The number of guanidine groups is 1. The predicted octanol–water partition coefficient (Wildman–Crippen LogP) is 1.05. The number of likely N-dealkylation sites (N-methyl/N-ethyl adjacent to an activating group) is 1. The maximum Gasteiger partial charge on any atom is 0.243 e. The molecule has 1 fully saturated rings. The van der Waals surface area contributed by atoms with Gasteiger partial charge >= 0.3 is 0 Å². The van der Waals surface area contributed by atoms with Crippen molar-refractivity contribution in [2.24, 2.45) is 4.99 Å². The molecule has 0 bridgehead atoms. The average Bonchev–Trinajstić information content (AvgIpc) is 3.27. The third-order valence-electron chi connectivity index (χ3n) is 3.97. The molecular weight excluding hydrogens is 338 g/mol. The molecule has 1 unspecified atom stereocenters. The van der Waals surface area contributed by atoms with Crippen LogP contribution in [0.5, 0.6) is 0 Å². The van der Waals surface area contributed by atoms with Crippen molar-refractivity contribution in [3.05, 3.63) is 16.1 Å². The molecule has 1 aliphatic rings. The largest absolute Gasteiger partial charge is 0.376 e. The van der Waals surface area contributed by atoms with Gasteiger partial charge in [-0.05, 0) is 19.3 Å². The topological polar surface area (TPSA) is 78.9 Å². The average molecular weight is 368 g/mol. The summed E-state index contributed by atoms with van der Waals surface area (Å²) in [6.07, 6.45) is 6.20. The molecule has 1 atom stereocenters. The summed E-state index contributed by atoms with van der Waals surface area (Å²) >= 11 is 1.75. The fraction of sp³-hybridized carbons (Fsp3) is 0.706. The van der Waals surface area contributed by atoms with Gasteiger partial charge in [-0.2, -0.15) is 0 Å². The van der Waals surface area contributed by atoms with Crippen molar-refractivity contribution in [3.63, 3.8) is 0 Å². The van der Waals surface area contributed by atoms with Gasteiger partial charge in [0.25, 0.3) is 0 Å². The first kappa shape index (κ1) is 19.7. The highest BCUT2D eigenvalue weighted by Crippen LogP contribution is 2.13. The van der Waals surface area contributed by atoms with E-state index in [-0.39, 0.29) is 18.6 Å². The zero-order valence-electron chi connectivity index (χ0n) is 15.4. The van der Waals surface area contributed by atoms with Crippen LogP contribution in [0.2, 0.25) is 0 Å². The number of carbonyl (C=O) groups excluding carboxylic acids is 1. The summed E-state index contributed by atoms with van der Waals surface area (Å²) < 4.78 is 5.63. The van der Waals surface area contributed by atoms with E-state index < -0.39 is 0 Å². The number of hydrogen-bond donors (Lipinski definition) is 2. The molecule has 8 heteroatoms. The highest BCUT2D eigenvalue weighted by atomic mass is 32.1. The molecule has 2 N–H and O–H groups in total. The monoisotopic (exact) mass is 367 g/mol. The number of hydrogen-bond acceptors (Lipinski definition) is 5. The van der Waals surface area contributed by atoms with Crippen LogP contribution in [0.3, 0.4) is 0 Å². The van der Waals surface area contributed by atoms with E-state index >= 15 is 0 Å². The Labute approximate surface area is 153 Å². The first-order chi connectivity index (χ1) is 12.1. The molecule has 0 radical (unpaired) electrons. The van der Waals surface area contributed by atoms with E-state index in [1.54, 1.807) is 30.3 Å². The number of thiazole rings is 1. The zero-order chi connectivity index (χ0) is 18.1. The maximum absolute atomic E-state index is 11.8. The number of rotatable bonds is 8. The lowest BCUT2D eigenvalue weighted by Crippen LogP contribution is -2.42. The van der Waals surface area contributed by atoms with Crippen LogP contribution in [-0.2, 0) is 22.4 Å². The number of aliphatic imine (C=N–C) groups is 1. The standard InChI is InChI=1S/C17H29N5O2S/c1-4-14-11-19-15(25-14)7-8-18-17(21-12-16(23)22(2)3)20-10-13-6-5-9-24-13/h11,13H,4-10,12H2,1-3H3,(H2,18,20,21). The Morgan fingerprint density at radius 3 is 2.96 bits per heavy atom. The first-order valence-corrected chi connectivity index (χ1v) is 9.67. The summed E-state index contributed by atoms with van der Waals surface area (Å²) in [5, 5.41) is 7.70. The fourth-order valence-electron chi connectivity index (χ4n) is 2.39. The number of aromatic nitrogens is 1. The van der Waals surface area contributed by atoms with Crippen LogP contribution in [-0.4, -0.2) is 68.2 Å². The molecule has 2 heterocycles. The second-order valence-electron chi connectivity index (χ2n) is 6.22. The van der Waals surface area contributed by atoms with Crippen LogP contribution >= 0.6 is 11.3 Å². The Balaban J connectivity index is 1.83. The van der Waals surface area contributed by atoms with Gasteiger partial charge in [0, 0.05) is 51.3 Å². The van der Waals surface area contributed by atoms with E-state index in [9.17, 15) is 4.79 Å². The Bertz CT molecular complexity index is 567. The number of ether oxygens (including phenoxy) is 1. The molecular formula is C17H29N5O2S. The number of carbonyl (C=O) groups is 1. The summed E-state index contributed by atoms with van der Waals surface area (Å²) in [7, 11) is 3.47. The Morgan fingerprint density at radius 2 is 2.32 bits per heavy atom. The predicted molar refractivity (Wildman–Crippen MR) is 101 cm³/mol. The molecule has 1 aromatic rings. The van der Waals surface area contributed by atoms with Gasteiger partial charge in [-0.3, -0.25) is 4.79 Å². The van der Waals surface area contributed by atoms with Gasteiger partial charge in [-0.25, -0.2) is 9.98 Å². The summed E-state index contributed by atoms with van der Waals surface area (Å²) in [5.74, 6) is 0.628. The Morgan fingerprint density at radius 1 is 1.48 bits per heavy atom. The van der Waals surface area contributed by atoms with E-state index in [2.05, 4.69) is 27.5 Å². The third kappa shape index (κ3) is 6.99. The molecule has 25 heavy (non-hydrogen) atoms. The second kappa shape index (κ2) is 10.4. The molecule has 140 valence electrons. The fourth-order valence-corrected chi connectivity index (χ4v) is 3.26. The van der Waals surface area contributed by atoms with Gasteiger partial charge < -0.3 is 20.3 Å². The van der Waals surface area contributed by atoms with Crippen molar-refractivity contribution >= 4 is 23.2 Å². The highest BCUT2D eigenvalue weighted by Gasteiger charge is 2.15. The third-order valence-corrected chi connectivity index (χ3v) is 5.18. The van der Waals surface area contributed by atoms with Gasteiger partial charge in [0.05, 0.1) is 11.1 Å². The zero-order valence-corrected chi connectivity index (χ0v) is 16.2. The van der Waals surface area contributed by atoms with Crippen molar-refractivity contribution in [2.45, 2.75) is 38.7 Å². The van der Waals surface area contributed by atoms with Crippen LogP contribution in [0, 0.1) is 0 Å². The van der Waals surface area contributed by atoms with E-state index in [0.717, 1.165) is 43.8 Å². The SMILES string of the molecule is CCc1cnc(CCNC(=NCC(=O)N(C)C)NCC2CCCO2)s1. The molecule has 1 saturated heterocycles. The number of nitrogens with one attached hydrogen (secondary N) is 2. The normalized spacial score (nSPS) is 17.6. The lowest BCUT2D eigenvalue weighted by molar-refractivity contribution is -0.127. The minimum Gasteiger partial charge on any atom is -0.376 e. The van der Waals surface area contributed by atoms with Crippen molar-refractivity contribution in [2.75, 3.05) is 40.3 Å². The van der Waals surface area contributed by atoms with Gasteiger partial charge in [0.2, 0.25) is 5.91 Å². The molecule has 0 aliphatic carbocycles. The summed E-state index contributed by atoms with van der Waals surface area (Å²) in [4.78, 5) is 23.4. The van der Waals surface area contributed by atoms with Gasteiger partial charge in [-0.15, -0.1) is 11.3 Å². The second-order valence-corrected chi connectivity index (χ2v) is 7.42. The number of aryl methyl sites for hydroxylation is 1. The molecule has 7 nitrogen and oxygen atoms in total. The minimum atomic E-state index is -0.0225. The molecule has 0 spiro atoms. The van der Waals surface area contributed by atoms with E-state index in [1.165, 1.54) is 4.88 Å². The van der Waals surface area contributed by atoms with E-state index in [1.807, 2.05) is 6.20 Å². The molecule has 2 rings (SSSR count). The molecule has 1 aliphatic heterocycles. The highest BCUT2D eigenvalue weighted by molar-refractivity contribution is 7.11. The summed E-state index contributed by atoms with van der Waals surface area (Å²) in [6, 6.07) is 0. The van der Waals surface area contributed by atoms with Crippen molar-refractivity contribution in [1.82, 2.24) is 20.5 Å².